The van der Waals surface area contributed by atoms with E-state index < -0.39 is 45.6 Å². The number of esters is 1. The summed E-state index contributed by atoms with van der Waals surface area (Å²) < 4.78 is 71.8. The highest BCUT2D eigenvalue weighted by Gasteiger charge is 2.67. The number of nitrogens with zero attached hydrogens (tertiary/aromatic N) is 1. The lowest BCUT2D eigenvalue weighted by Crippen LogP contribution is -2.65. The fraction of sp³-hybridized carbons (Fsp3) is 0.312. The van der Waals surface area contributed by atoms with Crippen molar-refractivity contribution in [3.05, 3.63) is 55.6 Å². The van der Waals surface area contributed by atoms with E-state index in [-0.39, 0.29) is 4.31 Å². The smallest absolute Gasteiger partial charge is 0.418 e. The summed E-state index contributed by atoms with van der Waals surface area (Å²) in [5.74, 6) is -1.75. The minimum Gasteiger partial charge on any atom is -0.467 e. The Balaban J connectivity index is 3.78. The molecule has 0 aliphatic carbocycles. The van der Waals surface area contributed by atoms with Crippen LogP contribution in [0.25, 0.3) is 0 Å². The van der Waals surface area contributed by atoms with Crippen molar-refractivity contribution in [1.29, 1.82) is 0 Å². The van der Waals surface area contributed by atoms with Crippen molar-refractivity contribution in [3.63, 3.8) is 0 Å². The largest absolute Gasteiger partial charge is 0.467 e. The molecule has 0 aromatic heterocycles. The second-order valence-electron chi connectivity index (χ2n) is 4.98. The predicted octanol–water partition coefficient (Wildman–Crippen LogP) is 2.91. The van der Waals surface area contributed by atoms with Gasteiger partial charge in [0.25, 0.3) is 0 Å². The highest BCUT2D eigenvalue weighted by atomic mass is 32.2. The number of hydrogen-bond acceptors (Lipinski definition) is 4. The number of rotatable bonds is 8. The highest BCUT2D eigenvalue weighted by molar-refractivity contribution is 7.89. The molecular weight excluding hydrogens is 359 g/mol. The van der Waals surface area contributed by atoms with Gasteiger partial charge in [0.15, 0.2) is 0 Å². The van der Waals surface area contributed by atoms with Gasteiger partial charge in [0.05, 0.1) is 12.0 Å². The maximum atomic E-state index is 13.9. The zero-order valence-electron chi connectivity index (χ0n) is 13.5. The van der Waals surface area contributed by atoms with Crippen LogP contribution in [-0.4, -0.2) is 44.1 Å². The number of alkyl halides is 3. The van der Waals surface area contributed by atoms with Gasteiger partial charge in [-0.05, 0) is 12.1 Å². The molecule has 1 rings (SSSR count). The fourth-order valence-electron chi connectivity index (χ4n) is 2.33. The summed E-state index contributed by atoms with van der Waals surface area (Å²) in [6, 6.07) is 6.51. The van der Waals surface area contributed by atoms with Gasteiger partial charge in [-0.15, -0.1) is 13.2 Å². The number of benzene rings is 1. The molecule has 25 heavy (non-hydrogen) atoms. The summed E-state index contributed by atoms with van der Waals surface area (Å²) in [7, 11) is -3.93. The Hall–Kier alpha value is -2.13. The summed E-state index contributed by atoms with van der Waals surface area (Å²) in [4.78, 5) is 11.7. The summed E-state index contributed by atoms with van der Waals surface area (Å²) >= 11 is 0. The van der Waals surface area contributed by atoms with Crippen molar-refractivity contribution in [1.82, 2.24) is 4.31 Å². The molecule has 0 aliphatic heterocycles. The van der Waals surface area contributed by atoms with Crippen LogP contribution in [0.1, 0.15) is 6.42 Å². The van der Waals surface area contributed by atoms with E-state index in [9.17, 15) is 26.4 Å². The number of carbonyl (C=O) groups excluding carboxylic acids is 1. The molecule has 138 valence electrons. The Labute approximate surface area is 144 Å². The van der Waals surface area contributed by atoms with Crippen LogP contribution in [0.4, 0.5) is 13.2 Å². The molecule has 0 saturated heterocycles. The Bertz CT molecular complexity index is 731. The number of hydrogen-bond donors (Lipinski definition) is 0. The van der Waals surface area contributed by atoms with E-state index in [1.807, 2.05) is 0 Å². The van der Waals surface area contributed by atoms with Crippen LogP contribution in [0.3, 0.4) is 0 Å². The van der Waals surface area contributed by atoms with Gasteiger partial charge in [-0.1, -0.05) is 30.4 Å². The SMILES string of the molecule is C=CCN(C(CC=C)(C(=O)OC)C(F)(F)F)S(=O)(=O)c1ccccc1. The third-order valence-electron chi connectivity index (χ3n) is 3.48. The molecule has 1 unspecified atom stereocenters. The minimum absolute atomic E-state index is 0.0514. The fourth-order valence-corrected chi connectivity index (χ4v) is 4.05. The Morgan fingerprint density at radius 3 is 2.16 bits per heavy atom. The Morgan fingerprint density at radius 2 is 1.76 bits per heavy atom. The molecule has 0 amide bonds. The molecule has 0 spiro atoms. The lowest BCUT2D eigenvalue weighted by atomic mass is 9.94. The number of sulfonamides is 1. The zero-order chi connectivity index (χ0) is 19.3. The van der Waals surface area contributed by atoms with Crippen LogP contribution in [-0.2, 0) is 19.6 Å². The van der Waals surface area contributed by atoms with Gasteiger partial charge >= 0.3 is 12.1 Å². The topological polar surface area (TPSA) is 63.7 Å². The molecule has 5 nitrogen and oxygen atoms in total. The normalized spacial score (nSPS) is 14.6. The van der Waals surface area contributed by atoms with Crippen molar-refractivity contribution in [2.24, 2.45) is 0 Å². The van der Waals surface area contributed by atoms with E-state index in [0.717, 1.165) is 31.4 Å². The number of carbonyl (C=O) groups is 1. The molecule has 0 aliphatic rings. The van der Waals surface area contributed by atoms with Gasteiger partial charge < -0.3 is 4.74 Å². The molecule has 1 aromatic rings. The maximum Gasteiger partial charge on any atom is 0.418 e. The zero-order valence-corrected chi connectivity index (χ0v) is 14.3. The lowest BCUT2D eigenvalue weighted by Gasteiger charge is -2.40. The first kappa shape index (κ1) is 20.9. The van der Waals surface area contributed by atoms with E-state index in [2.05, 4.69) is 17.9 Å². The van der Waals surface area contributed by atoms with E-state index in [0.29, 0.717) is 0 Å². The lowest BCUT2D eigenvalue weighted by molar-refractivity contribution is -0.226. The van der Waals surface area contributed by atoms with Crippen LogP contribution < -0.4 is 0 Å². The van der Waals surface area contributed by atoms with E-state index in [1.54, 1.807) is 0 Å². The second-order valence-corrected chi connectivity index (χ2v) is 6.84. The van der Waals surface area contributed by atoms with Crippen molar-refractivity contribution < 1.29 is 31.1 Å². The van der Waals surface area contributed by atoms with Gasteiger partial charge in [-0.2, -0.15) is 17.5 Å². The maximum absolute atomic E-state index is 13.9. The average molecular weight is 377 g/mol. The molecule has 1 aromatic carbocycles. The van der Waals surface area contributed by atoms with Crippen molar-refractivity contribution in [2.45, 2.75) is 23.0 Å². The molecule has 9 heteroatoms. The van der Waals surface area contributed by atoms with Crippen LogP contribution >= 0.6 is 0 Å². The monoisotopic (exact) mass is 377 g/mol. The van der Waals surface area contributed by atoms with Crippen molar-refractivity contribution in [2.75, 3.05) is 13.7 Å². The van der Waals surface area contributed by atoms with E-state index >= 15 is 0 Å². The van der Waals surface area contributed by atoms with E-state index in [1.165, 1.54) is 18.2 Å². The summed E-state index contributed by atoms with van der Waals surface area (Å²) in [6.45, 7) is 5.76. The Kier molecular flexibility index (Phi) is 6.55. The second kappa shape index (κ2) is 7.83. The number of ether oxygens (including phenoxy) is 1. The van der Waals surface area contributed by atoms with Crippen LogP contribution in [0.15, 0.2) is 60.5 Å². The highest BCUT2D eigenvalue weighted by Crippen LogP contribution is 2.42. The predicted molar refractivity (Wildman–Crippen MR) is 86.1 cm³/mol. The standard InChI is InChI=1S/C16H18F3NO4S/c1-4-11-15(14(21)24-3,16(17,18)19)20(12-5-2)25(22,23)13-9-7-6-8-10-13/h4-10H,1-2,11-12H2,3H3. The van der Waals surface area contributed by atoms with Crippen LogP contribution in [0.2, 0.25) is 0 Å². The molecule has 0 fully saturated rings. The molecule has 0 saturated carbocycles. The molecule has 0 radical (unpaired) electrons. The minimum atomic E-state index is -5.25. The summed E-state index contributed by atoms with van der Waals surface area (Å²) in [6.07, 6.45) is -4.48. The third kappa shape index (κ3) is 3.77. The van der Waals surface area contributed by atoms with Gasteiger partial charge in [0, 0.05) is 13.0 Å². The molecular formula is C16H18F3NO4S. The van der Waals surface area contributed by atoms with Gasteiger partial charge in [0.1, 0.15) is 0 Å². The average Bonchev–Trinajstić information content (AvgIpc) is 2.56. The molecule has 0 N–H and O–H groups in total. The van der Waals surface area contributed by atoms with Crippen LogP contribution in [0.5, 0.6) is 0 Å². The third-order valence-corrected chi connectivity index (χ3v) is 5.39. The van der Waals surface area contributed by atoms with E-state index in [4.69, 9.17) is 0 Å². The van der Waals surface area contributed by atoms with Crippen molar-refractivity contribution in [3.8, 4) is 0 Å². The molecule has 0 heterocycles. The van der Waals surface area contributed by atoms with Gasteiger partial charge in [-0.25, -0.2) is 13.2 Å². The first-order valence-corrected chi connectivity index (χ1v) is 8.48. The number of methoxy groups -OCH3 is 1. The molecule has 0 bridgehead atoms. The Morgan fingerprint density at radius 1 is 1.20 bits per heavy atom. The number of halogens is 3. The molecule has 1 atom stereocenters. The summed E-state index contributed by atoms with van der Waals surface area (Å²) in [5, 5.41) is 0. The quantitative estimate of drug-likeness (QED) is 0.516. The van der Waals surface area contributed by atoms with Crippen LogP contribution in [0, 0.1) is 0 Å². The first-order valence-electron chi connectivity index (χ1n) is 7.04. The van der Waals surface area contributed by atoms with Crippen molar-refractivity contribution >= 4 is 16.0 Å². The van der Waals surface area contributed by atoms with Gasteiger partial charge in [0.2, 0.25) is 15.6 Å². The summed E-state index contributed by atoms with van der Waals surface area (Å²) in [5.41, 5.74) is -3.45. The first-order chi connectivity index (χ1) is 11.6. The van der Waals surface area contributed by atoms with Gasteiger partial charge in [-0.3, -0.25) is 0 Å².